The van der Waals surface area contributed by atoms with Crippen LogP contribution in [-0.2, 0) is 4.74 Å². The number of benzene rings is 3. The zero-order chi connectivity index (χ0) is 21.3. The molecule has 0 radical (unpaired) electrons. The Morgan fingerprint density at radius 1 is 0.710 bits per heavy atom. The summed E-state index contributed by atoms with van der Waals surface area (Å²) in [5.41, 5.74) is 3.67. The highest BCUT2D eigenvalue weighted by molar-refractivity contribution is 6.30. The molecule has 31 heavy (non-hydrogen) atoms. The van der Waals surface area contributed by atoms with Gasteiger partial charge in [-0.1, -0.05) is 72.3 Å². The molecular weight excluding hydrogens is 404 g/mol. The number of piperazine rings is 1. The standard InChI is InChI=1S/C27H31ClN2O/c28-25-15-13-24(14-16-25)27(23-9-3-1-4-10-23)31-22-8-7-17-29-18-20-30(21-19-29)26-11-5-2-6-12-26/h1-6,9-16,27H,7-8,17-22H2. The summed E-state index contributed by atoms with van der Waals surface area (Å²) in [6.07, 6.45) is 2.18. The Morgan fingerprint density at radius 3 is 2.00 bits per heavy atom. The highest BCUT2D eigenvalue weighted by Gasteiger charge is 2.17. The lowest BCUT2D eigenvalue weighted by atomic mass is 10.0. The minimum atomic E-state index is -0.0483. The molecule has 1 heterocycles. The third-order valence-electron chi connectivity index (χ3n) is 5.92. The number of hydrogen-bond acceptors (Lipinski definition) is 3. The molecule has 0 amide bonds. The Kier molecular flexibility index (Phi) is 8.00. The Bertz CT molecular complexity index is 894. The maximum atomic E-state index is 6.35. The molecule has 0 bridgehead atoms. The summed E-state index contributed by atoms with van der Waals surface area (Å²) >= 11 is 6.08. The molecule has 0 saturated carbocycles. The second kappa shape index (κ2) is 11.3. The van der Waals surface area contributed by atoms with E-state index < -0.39 is 0 Å². The molecule has 0 N–H and O–H groups in total. The molecule has 1 aliphatic heterocycles. The first kappa shape index (κ1) is 21.9. The number of rotatable bonds is 9. The third-order valence-corrected chi connectivity index (χ3v) is 6.17. The highest BCUT2D eigenvalue weighted by atomic mass is 35.5. The van der Waals surface area contributed by atoms with E-state index in [1.165, 1.54) is 11.3 Å². The number of anilines is 1. The second-order valence-corrected chi connectivity index (χ2v) is 8.52. The van der Waals surface area contributed by atoms with Crippen molar-refractivity contribution in [2.75, 3.05) is 44.2 Å². The molecule has 0 aliphatic carbocycles. The number of nitrogens with zero attached hydrogens (tertiary/aromatic N) is 2. The molecule has 3 nitrogen and oxygen atoms in total. The van der Waals surface area contributed by atoms with Gasteiger partial charge in [0.2, 0.25) is 0 Å². The first-order valence-corrected chi connectivity index (χ1v) is 11.6. The van der Waals surface area contributed by atoms with E-state index in [0.29, 0.717) is 0 Å². The summed E-state index contributed by atoms with van der Waals surface area (Å²) < 4.78 is 6.35. The molecule has 3 aromatic rings. The van der Waals surface area contributed by atoms with Crippen molar-refractivity contribution < 1.29 is 4.74 Å². The minimum Gasteiger partial charge on any atom is -0.369 e. The number of ether oxygens (including phenoxy) is 1. The van der Waals surface area contributed by atoms with E-state index in [4.69, 9.17) is 16.3 Å². The van der Waals surface area contributed by atoms with Crippen molar-refractivity contribution >= 4 is 17.3 Å². The average Bonchev–Trinajstić information content (AvgIpc) is 2.84. The largest absolute Gasteiger partial charge is 0.369 e. The zero-order valence-corrected chi connectivity index (χ0v) is 18.8. The first-order chi connectivity index (χ1) is 15.3. The van der Waals surface area contributed by atoms with Gasteiger partial charge in [0.25, 0.3) is 0 Å². The molecule has 1 unspecified atom stereocenters. The van der Waals surface area contributed by atoms with Crippen LogP contribution in [0.2, 0.25) is 5.02 Å². The van der Waals surface area contributed by atoms with E-state index >= 15 is 0 Å². The Balaban J connectivity index is 1.21. The summed E-state index contributed by atoms with van der Waals surface area (Å²) in [5, 5.41) is 0.753. The Hall–Kier alpha value is -2.33. The van der Waals surface area contributed by atoms with Gasteiger partial charge in [-0.05, 0) is 54.8 Å². The van der Waals surface area contributed by atoms with Crippen LogP contribution in [-0.4, -0.2) is 44.2 Å². The molecule has 1 atom stereocenters. The smallest absolute Gasteiger partial charge is 0.108 e. The van der Waals surface area contributed by atoms with E-state index in [1.807, 2.05) is 18.2 Å². The van der Waals surface area contributed by atoms with Crippen molar-refractivity contribution in [1.29, 1.82) is 0 Å². The van der Waals surface area contributed by atoms with Crippen LogP contribution in [0, 0.1) is 0 Å². The van der Waals surface area contributed by atoms with Crippen molar-refractivity contribution in [2.45, 2.75) is 18.9 Å². The SMILES string of the molecule is Clc1ccc(C(OCCCCN2CCN(c3ccccc3)CC2)c2ccccc2)cc1. The lowest BCUT2D eigenvalue weighted by Crippen LogP contribution is -2.46. The lowest BCUT2D eigenvalue weighted by Gasteiger charge is -2.36. The topological polar surface area (TPSA) is 15.7 Å². The molecule has 162 valence electrons. The highest BCUT2D eigenvalue weighted by Crippen LogP contribution is 2.27. The van der Waals surface area contributed by atoms with Crippen LogP contribution >= 0.6 is 11.6 Å². The normalized spacial score (nSPS) is 15.7. The minimum absolute atomic E-state index is 0.0483. The predicted molar refractivity (Wildman–Crippen MR) is 130 cm³/mol. The average molecular weight is 435 g/mol. The maximum Gasteiger partial charge on any atom is 0.108 e. The van der Waals surface area contributed by atoms with Gasteiger partial charge in [0.15, 0.2) is 0 Å². The van der Waals surface area contributed by atoms with E-state index in [-0.39, 0.29) is 6.10 Å². The lowest BCUT2D eigenvalue weighted by molar-refractivity contribution is 0.0751. The van der Waals surface area contributed by atoms with E-state index in [1.54, 1.807) is 0 Å². The molecule has 1 aliphatic rings. The summed E-state index contributed by atoms with van der Waals surface area (Å²) in [5.74, 6) is 0. The van der Waals surface area contributed by atoms with Gasteiger partial charge < -0.3 is 9.64 Å². The van der Waals surface area contributed by atoms with Crippen molar-refractivity contribution in [3.8, 4) is 0 Å². The van der Waals surface area contributed by atoms with Gasteiger partial charge in [-0.2, -0.15) is 0 Å². The third kappa shape index (κ3) is 6.33. The molecule has 3 aromatic carbocycles. The predicted octanol–water partition coefficient (Wildman–Crippen LogP) is 6.05. The first-order valence-electron chi connectivity index (χ1n) is 11.2. The van der Waals surface area contributed by atoms with E-state index in [9.17, 15) is 0 Å². The van der Waals surface area contributed by atoms with Crippen LogP contribution in [0.15, 0.2) is 84.9 Å². The van der Waals surface area contributed by atoms with Crippen molar-refractivity contribution in [2.24, 2.45) is 0 Å². The fourth-order valence-corrected chi connectivity index (χ4v) is 4.28. The fraction of sp³-hybridized carbons (Fsp3) is 0.333. The molecule has 0 aromatic heterocycles. The van der Waals surface area contributed by atoms with Crippen LogP contribution in [0.5, 0.6) is 0 Å². The molecule has 1 fully saturated rings. The van der Waals surface area contributed by atoms with Crippen molar-refractivity contribution in [1.82, 2.24) is 4.90 Å². The van der Waals surface area contributed by atoms with Gasteiger partial charge in [-0.3, -0.25) is 4.90 Å². The van der Waals surface area contributed by atoms with E-state index in [0.717, 1.165) is 62.8 Å². The van der Waals surface area contributed by atoms with Crippen LogP contribution < -0.4 is 4.90 Å². The maximum absolute atomic E-state index is 6.35. The number of para-hydroxylation sites is 1. The van der Waals surface area contributed by atoms with Gasteiger partial charge in [0.1, 0.15) is 6.10 Å². The van der Waals surface area contributed by atoms with Gasteiger partial charge in [0.05, 0.1) is 0 Å². The molecule has 0 spiro atoms. The van der Waals surface area contributed by atoms with Crippen molar-refractivity contribution in [3.05, 3.63) is 101 Å². The molecular formula is C27H31ClN2O. The van der Waals surface area contributed by atoms with E-state index in [2.05, 4.69) is 76.5 Å². The summed E-state index contributed by atoms with van der Waals surface area (Å²) in [4.78, 5) is 5.06. The van der Waals surface area contributed by atoms with Crippen LogP contribution in [0.4, 0.5) is 5.69 Å². The van der Waals surface area contributed by atoms with Crippen molar-refractivity contribution in [3.63, 3.8) is 0 Å². The van der Waals surface area contributed by atoms with Gasteiger partial charge in [0, 0.05) is 43.5 Å². The zero-order valence-electron chi connectivity index (χ0n) is 18.0. The quantitative estimate of drug-likeness (QED) is 0.381. The molecule has 4 heteroatoms. The fourth-order valence-electron chi connectivity index (χ4n) is 4.16. The monoisotopic (exact) mass is 434 g/mol. The van der Waals surface area contributed by atoms with Crippen LogP contribution in [0.3, 0.4) is 0 Å². The van der Waals surface area contributed by atoms with Gasteiger partial charge >= 0.3 is 0 Å². The number of hydrogen-bond donors (Lipinski definition) is 0. The van der Waals surface area contributed by atoms with Gasteiger partial charge in [-0.15, -0.1) is 0 Å². The Labute approximate surface area is 191 Å². The second-order valence-electron chi connectivity index (χ2n) is 8.08. The number of halogens is 1. The number of unbranched alkanes of at least 4 members (excludes halogenated alkanes) is 1. The van der Waals surface area contributed by atoms with Gasteiger partial charge in [-0.25, -0.2) is 0 Å². The molecule has 4 rings (SSSR count). The Morgan fingerprint density at radius 2 is 1.32 bits per heavy atom. The van der Waals surface area contributed by atoms with Crippen LogP contribution in [0.25, 0.3) is 0 Å². The summed E-state index contributed by atoms with van der Waals surface area (Å²) in [7, 11) is 0. The van der Waals surface area contributed by atoms with Crippen LogP contribution in [0.1, 0.15) is 30.1 Å². The summed E-state index contributed by atoms with van der Waals surface area (Å²) in [6, 6.07) is 29.2. The molecule has 1 saturated heterocycles. The summed E-state index contributed by atoms with van der Waals surface area (Å²) in [6.45, 7) is 6.37.